The number of nitrogens with one attached hydrogen (secondary N) is 1. The van der Waals surface area contributed by atoms with E-state index < -0.39 is 0 Å². The number of benzene rings is 2. The first kappa shape index (κ1) is 20.3. The second kappa shape index (κ2) is 8.81. The second-order valence-electron chi connectivity index (χ2n) is 8.04. The fourth-order valence-corrected chi connectivity index (χ4v) is 3.99. The van der Waals surface area contributed by atoms with Gasteiger partial charge < -0.3 is 10.1 Å². The first-order valence-electron chi connectivity index (χ1n) is 10.4. The lowest BCUT2D eigenvalue weighted by molar-refractivity contribution is -0.0704. The maximum Gasteiger partial charge on any atom is 0.255 e. The zero-order chi connectivity index (χ0) is 21.1. The van der Waals surface area contributed by atoms with Crippen molar-refractivity contribution in [3.8, 4) is 5.69 Å². The summed E-state index contributed by atoms with van der Waals surface area (Å²) in [5.41, 5.74) is 4.54. The van der Waals surface area contributed by atoms with Crippen LogP contribution < -0.4 is 5.32 Å². The number of carbonyl (C=O) groups is 1. The monoisotopic (exact) mass is 404 g/mol. The lowest BCUT2D eigenvalue weighted by Gasteiger charge is -2.35. The molecule has 1 N–H and O–H groups in total. The van der Waals surface area contributed by atoms with Crippen molar-refractivity contribution in [3.05, 3.63) is 77.6 Å². The lowest BCUT2D eigenvalue weighted by atomic mass is 10.1. The third kappa shape index (κ3) is 4.78. The highest BCUT2D eigenvalue weighted by atomic mass is 16.5. The molecule has 6 heteroatoms. The van der Waals surface area contributed by atoms with Crippen LogP contribution in [-0.2, 0) is 11.3 Å². The molecule has 156 valence electrons. The minimum atomic E-state index is -0.121. The quantitative estimate of drug-likeness (QED) is 0.697. The van der Waals surface area contributed by atoms with E-state index in [9.17, 15) is 4.79 Å². The summed E-state index contributed by atoms with van der Waals surface area (Å²) < 4.78 is 7.64. The normalized spacial score (nSPS) is 19.6. The molecular formula is C24H28N4O2. The van der Waals surface area contributed by atoms with E-state index in [1.54, 1.807) is 6.20 Å². The summed E-state index contributed by atoms with van der Waals surface area (Å²) >= 11 is 0. The van der Waals surface area contributed by atoms with Crippen molar-refractivity contribution < 1.29 is 9.53 Å². The molecule has 3 aromatic rings. The van der Waals surface area contributed by atoms with Gasteiger partial charge in [0.15, 0.2) is 0 Å². The number of rotatable bonds is 5. The van der Waals surface area contributed by atoms with Crippen LogP contribution in [0.15, 0.2) is 60.8 Å². The van der Waals surface area contributed by atoms with Crippen LogP contribution in [0.1, 0.15) is 35.5 Å². The number of ether oxygens (including phenoxy) is 1. The van der Waals surface area contributed by atoms with E-state index in [4.69, 9.17) is 4.74 Å². The zero-order valence-corrected chi connectivity index (χ0v) is 17.7. The van der Waals surface area contributed by atoms with Crippen molar-refractivity contribution in [3.63, 3.8) is 0 Å². The number of aryl methyl sites for hydroxylation is 1. The van der Waals surface area contributed by atoms with Gasteiger partial charge in [0.2, 0.25) is 0 Å². The number of anilines is 1. The molecule has 1 saturated heterocycles. The molecule has 1 fully saturated rings. The van der Waals surface area contributed by atoms with E-state index in [0.717, 1.165) is 36.7 Å². The van der Waals surface area contributed by atoms with Crippen molar-refractivity contribution in [2.24, 2.45) is 0 Å². The van der Waals surface area contributed by atoms with Crippen LogP contribution in [-0.4, -0.2) is 45.9 Å². The molecule has 2 heterocycles. The smallest absolute Gasteiger partial charge is 0.255 e. The SMILES string of the molecule is Cc1ccnn1-c1cccc(NC(=O)c2ccc(CN3CC(C)OC(C)C3)cc2)c1. The molecule has 2 unspecified atom stereocenters. The third-order valence-electron chi connectivity index (χ3n) is 5.30. The fraction of sp³-hybridized carbons (Fsp3) is 0.333. The van der Waals surface area contributed by atoms with Crippen molar-refractivity contribution in [2.75, 3.05) is 18.4 Å². The topological polar surface area (TPSA) is 59.4 Å². The van der Waals surface area contributed by atoms with Crippen LogP contribution >= 0.6 is 0 Å². The molecule has 2 atom stereocenters. The molecule has 0 radical (unpaired) electrons. The van der Waals surface area contributed by atoms with E-state index in [1.165, 1.54) is 5.56 Å². The number of morpholine rings is 1. The Labute approximate surface area is 177 Å². The molecule has 1 amide bonds. The predicted octanol–water partition coefficient (Wildman–Crippen LogP) is 4.04. The maximum atomic E-state index is 12.7. The minimum Gasteiger partial charge on any atom is -0.373 e. The Hall–Kier alpha value is -2.96. The highest BCUT2D eigenvalue weighted by Crippen LogP contribution is 2.18. The number of hydrogen-bond donors (Lipinski definition) is 1. The molecule has 30 heavy (non-hydrogen) atoms. The van der Waals surface area contributed by atoms with Crippen molar-refractivity contribution >= 4 is 11.6 Å². The van der Waals surface area contributed by atoms with Gasteiger partial charge in [0.25, 0.3) is 5.91 Å². The molecule has 0 aliphatic carbocycles. The highest BCUT2D eigenvalue weighted by Gasteiger charge is 2.22. The Morgan fingerprint density at radius 2 is 1.83 bits per heavy atom. The summed E-state index contributed by atoms with van der Waals surface area (Å²) in [6.07, 6.45) is 2.26. The summed E-state index contributed by atoms with van der Waals surface area (Å²) in [4.78, 5) is 15.1. The number of amides is 1. The largest absolute Gasteiger partial charge is 0.373 e. The Balaban J connectivity index is 1.40. The highest BCUT2D eigenvalue weighted by molar-refractivity contribution is 6.04. The summed E-state index contributed by atoms with van der Waals surface area (Å²) in [7, 11) is 0. The predicted molar refractivity (Wildman–Crippen MR) is 118 cm³/mol. The van der Waals surface area contributed by atoms with Gasteiger partial charge in [0.05, 0.1) is 17.9 Å². The molecule has 0 saturated carbocycles. The zero-order valence-electron chi connectivity index (χ0n) is 17.7. The Morgan fingerprint density at radius 1 is 1.10 bits per heavy atom. The Morgan fingerprint density at radius 3 is 2.50 bits per heavy atom. The van der Waals surface area contributed by atoms with Gasteiger partial charge in [-0.15, -0.1) is 0 Å². The van der Waals surface area contributed by atoms with Crippen LogP contribution in [0.3, 0.4) is 0 Å². The van der Waals surface area contributed by atoms with E-state index in [1.807, 2.05) is 66.2 Å². The van der Waals surface area contributed by atoms with E-state index >= 15 is 0 Å². The van der Waals surface area contributed by atoms with Crippen LogP contribution in [0.5, 0.6) is 0 Å². The number of aromatic nitrogens is 2. The van der Waals surface area contributed by atoms with Gasteiger partial charge in [0.1, 0.15) is 0 Å². The number of hydrogen-bond acceptors (Lipinski definition) is 4. The van der Waals surface area contributed by atoms with Crippen LogP contribution in [0.4, 0.5) is 5.69 Å². The molecule has 4 rings (SSSR count). The van der Waals surface area contributed by atoms with Crippen molar-refractivity contribution in [1.82, 2.24) is 14.7 Å². The summed E-state index contributed by atoms with van der Waals surface area (Å²) in [6, 6.07) is 17.5. The van der Waals surface area contributed by atoms with E-state index in [-0.39, 0.29) is 18.1 Å². The van der Waals surface area contributed by atoms with Crippen LogP contribution in [0.25, 0.3) is 5.69 Å². The third-order valence-corrected chi connectivity index (χ3v) is 5.30. The fourth-order valence-electron chi connectivity index (χ4n) is 3.99. The van der Waals surface area contributed by atoms with E-state index in [0.29, 0.717) is 5.56 Å². The Kier molecular flexibility index (Phi) is 5.97. The molecule has 1 aromatic heterocycles. The summed E-state index contributed by atoms with van der Waals surface area (Å²) in [5, 5.41) is 7.31. The summed E-state index contributed by atoms with van der Waals surface area (Å²) in [6.45, 7) is 8.94. The van der Waals surface area contributed by atoms with Gasteiger partial charge >= 0.3 is 0 Å². The molecule has 6 nitrogen and oxygen atoms in total. The maximum absolute atomic E-state index is 12.7. The first-order valence-corrected chi connectivity index (χ1v) is 10.4. The molecule has 0 bridgehead atoms. The molecular weight excluding hydrogens is 376 g/mol. The van der Waals surface area contributed by atoms with Gasteiger partial charge in [-0.05, 0) is 62.7 Å². The molecule has 1 aliphatic heterocycles. The lowest BCUT2D eigenvalue weighted by Crippen LogP contribution is -2.44. The number of carbonyl (C=O) groups excluding carboxylic acids is 1. The van der Waals surface area contributed by atoms with Crippen molar-refractivity contribution in [2.45, 2.75) is 39.5 Å². The van der Waals surface area contributed by atoms with Crippen LogP contribution in [0, 0.1) is 6.92 Å². The molecule has 0 spiro atoms. The van der Waals surface area contributed by atoms with Crippen molar-refractivity contribution in [1.29, 1.82) is 0 Å². The Bertz CT molecular complexity index is 1000. The second-order valence-corrected chi connectivity index (χ2v) is 8.04. The number of nitrogens with zero attached hydrogens (tertiary/aromatic N) is 3. The average Bonchev–Trinajstić information content (AvgIpc) is 3.14. The summed E-state index contributed by atoms with van der Waals surface area (Å²) in [5.74, 6) is -0.121. The van der Waals surface area contributed by atoms with E-state index in [2.05, 4.69) is 29.2 Å². The minimum absolute atomic E-state index is 0.121. The van der Waals surface area contributed by atoms with Gasteiger partial charge in [-0.3, -0.25) is 9.69 Å². The first-order chi connectivity index (χ1) is 14.5. The van der Waals surface area contributed by atoms with Gasteiger partial charge in [-0.25, -0.2) is 4.68 Å². The molecule has 2 aromatic carbocycles. The van der Waals surface area contributed by atoms with Gasteiger partial charge in [-0.2, -0.15) is 5.10 Å². The average molecular weight is 405 g/mol. The standard InChI is InChI=1S/C24H28N4O2/c1-17-11-12-25-28(17)23-6-4-5-22(13-23)26-24(29)21-9-7-20(8-10-21)16-27-14-18(2)30-19(3)15-27/h4-13,18-19H,14-16H2,1-3H3,(H,26,29). The van der Waals surface area contributed by atoms with Crippen LogP contribution in [0.2, 0.25) is 0 Å². The molecule has 1 aliphatic rings. The van der Waals surface area contributed by atoms with Gasteiger partial charge in [-0.1, -0.05) is 18.2 Å². The van der Waals surface area contributed by atoms with Gasteiger partial charge in [0, 0.05) is 42.8 Å².